The molecule has 3 aliphatic rings. The number of hydrogen-bond donors (Lipinski definition) is 0. The van der Waals surface area contributed by atoms with E-state index < -0.39 is 19.5 Å². The lowest BCUT2D eigenvalue weighted by molar-refractivity contribution is -0.274. The fourth-order valence-corrected chi connectivity index (χ4v) is 10.3. The molecule has 34 heavy (non-hydrogen) atoms. The maximum absolute atomic E-state index is 13.2. The molecule has 2 saturated heterocycles. The van der Waals surface area contributed by atoms with Crippen molar-refractivity contribution in [1.82, 2.24) is 4.90 Å². The molecular formula is C28H45NO4Si. The fourth-order valence-electron chi connectivity index (χ4n) is 7.28. The van der Waals surface area contributed by atoms with Crippen LogP contribution in [-0.2, 0) is 25.1 Å². The lowest BCUT2D eigenvalue weighted by atomic mass is 9.53. The van der Waals surface area contributed by atoms with E-state index in [1.54, 1.807) is 0 Å². The Morgan fingerprint density at radius 1 is 1.06 bits per heavy atom. The summed E-state index contributed by atoms with van der Waals surface area (Å²) in [7, 11) is -1.96. The lowest BCUT2D eigenvalue weighted by Gasteiger charge is -2.64. The van der Waals surface area contributed by atoms with Crippen LogP contribution in [0.2, 0.25) is 18.1 Å². The second kappa shape index (κ2) is 10.1. The molecule has 1 spiro atoms. The van der Waals surface area contributed by atoms with Gasteiger partial charge in [0.1, 0.15) is 6.29 Å². The summed E-state index contributed by atoms with van der Waals surface area (Å²) in [5.41, 5.74) is 0.437. The van der Waals surface area contributed by atoms with Crippen molar-refractivity contribution in [2.24, 2.45) is 16.7 Å². The highest BCUT2D eigenvalue weighted by molar-refractivity contribution is 6.73. The molecule has 0 aromatic heterocycles. The van der Waals surface area contributed by atoms with Crippen LogP contribution in [0.4, 0.5) is 0 Å². The molecule has 1 aliphatic carbocycles. The molecule has 3 fully saturated rings. The summed E-state index contributed by atoms with van der Waals surface area (Å²) in [4.78, 5) is 15.8. The van der Waals surface area contributed by atoms with Gasteiger partial charge in [0.2, 0.25) is 0 Å². The maximum Gasteiger partial charge on any atom is 0.192 e. The predicted octanol–water partition coefficient (Wildman–Crippen LogP) is 5.30. The van der Waals surface area contributed by atoms with Gasteiger partial charge in [-0.15, -0.1) is 0 Å². The van der Waals surface area contributed by atoms with E-state index in [1.807, 2.05) is 0 Å². The number of ether oxygens (including phenoxy) is 2. The van der Waals surface area contributed by atoms with E-state index in [0.29, 0.717) is 25.6 Å². The first-order valence-corrected chi connectivity index (χ1v) is 16.0. The monoisotopic (exact) mass is 487 g/mol. The topological polar surface area (TPSA) is 48.0 Å². The number of carbonyl (C=O) groups is 1. The van der Waals surface area contributed by atoms with Crippen LogP contribution in [0.3, 0.4) is 0 Å². The number of likely N-dealkylation sites (tertiary alicyclic amines) is 1. The van der Waals surface area contributed by atoms with Gasteiger partial charge in [0.15, 0.2) is 14.1 Å². The average molecular weight is 488 g/mol. The molecule has 1 saturated carbocycles. The molecule has 2 heterocycles. The van der Waals surface area contributed by atoms with Gasteiger partial charge in [-0.25, -0.2) is 0 Å². The van der Waals surface area contributed by atoms with Gasteiger partial charge in [0, 0.05) is 37.9 Å². The molecule has 0 radical (unpaired) electrons. The summed E-state index contributed by atoms with van der Waals surface area (Å²) in [5.74, 6) is -0.132. The Hall–Kier alpha value is -1.05. The Morgan fingerprint density at radius 3 is 2.26 bits per heavy atom. The first-order valence-electron chi connectivity index (χ1n) is 13.5. The van der Waals surface area contributed by atoms with E-state index in [2.05, 4.69) is 69.9 Å². The van der Waals surface area contributed by atoms with Crippen molar-refractivity contribution in [3.8, 4) is 0 Å². The van der Waals surface area contributed by atoms with Crippen LogP contribution < -0.4 is 0 Å². The second-order valence-electron chi connectivity index (χ2n) is 11.6. The van der Waals surface area contributed by atoms with Crippen LogP contribution >= 0.6 is 0 Å². The van der Waals surface area contributed by atoms with Crippen LogP contribution in [0, 0.1) is 16.7 Å². The highest BCUT2D eigenvalue weighted by Crippen LogP contribution is 2.59. The predicted molar refractivity (Wildman–Crippen MR) is 138 cm³/mol. The van der Waals surface area contributed by atoms with Crippen molar-refractivity contribution in [3.63, 3.8) is 0 Å². The normalized spacial score (nSPS) is 31.3. The number of rotatable bonds is 10. The standard InChI is InChI=1S/C28H45NO4Si/c1-6-34(7-2,8-3)33-25-26(16-24-12-10-9-11-13-24)18-28(31-14-15-32-28)19-27(25,22-30)21-29(20-26)17-23(4)5/h9-13,22-23,25H,6-8,14-21H2,1-5H3. The van der Waals surface area contributed by atoms with E-state index >= 15 is 0 Å². The molecule has 0 N–H and O–H groups in total. The molecule has 0 amide bonds. The zero-order valence-corrected chi connectivity index (χ0v) is 23.0. The van der Waals surface area contributed by atoms with Crippen LogP contribution in [0.25, 0.3) is 0 Å². The molecular weight excluding hydrogens is 442 g/mol. The third-order valence-electron chi connectivity index (χ3n) is 8.73. The number of aldehydes is 1. The van der Waals surface area contributed by atoms with E-state index in [-0.39, 0.29) is 11.5 Å². The zero-order valence-electron chi connectivity index (χ0n) is 22.0. The summed E-state index contributed by atoms with van der Waals surface area (Å²) in [6.07, 6.45) is 3.38. The number of piperidine rings is 1. The highest BCUT2D eigenvalue weighted by Gasteiger charge is 2.67. The smallest absolute Gasteiger partial charge is 0.192 e. The average Bonchev–Trinajstić information content (AvgIpc) is 3.26. The van der Waals surface area contributed by atoms with Crippen molar-refractivity contribution in [2.75, 3.05) is 32.8 Å². The molecule has 2 aliphatic heterocycles. The van der Waals surface area contributed by atoms with Gasteiger partial charge in [-0.2, -0.15) is 0 Å². The van der Waals surface area contributed by atoms with Gasteiger partial charge < -0.3 is 23.6 Å². The minimum absolute atomic E-state index is 0.105. The summed E-state index contributed by atoms with van der Waals surface area (Å²) in [6.45, 7) is 15.2. The maximum atomic E-state index is 13.2. The van der Waals surface area contributed by atoms with Crippen molar-refractivity contribution < 1.29 is 18.7 Å². The Morgan fingerprint density at radius 2 is 1.71 bits per heavy atom. The molecule has 6 heteroatoms. The van der Waals surface area contributed by atoms with Crippen molar-refractivity contribution in [3.05, 3.63) is 35.9 Å². The third kappa shape index (κ3) is 4.81. The molecule has 5 nitrogen and oxygen atoms in total. The largest absolute Gasteiger partial charge is 0.412 e. The van der Waals surface area contributed by atoms with Crippen molar-refractivity contribution in [1.29, 1.82) is 0 Å². The van der Waals surface area contributed by atoms with E-state index in [0.717, 1.165) is 50.6 Å². The Balaban J connectivity index is 1.85. The first kappa shape index (κ1) is 26.0. The number of benzene rings is 1. The van der Waals surface area contributed by atoms with Gasteiger partial charge in [-0.1, -0.05) is 65.0 Å². The van der Waals surface area contributed by atoms with Crippen LogP contribution in [0.1, 0.15) is 53.0 Å². The Labute approximate surface area is 207 Å². The molecule has 2 bridgehead atoms. The minimum Gasteiger partial charge on any atom is -0.412 e. The quantitative estimate of drug-likeness (QED) is 0.331. The van der Waals surface area contributed by atoms with Crippen LogP contribution in [-0.4, -0.2) is 64.2 Å². The minimum atomic E-state index is -1.96. The number of carbonyl (C=O) groups excluding carboxylic acids is 1. The van der Waals surface area contributed by atoms with Crippen molar-refractivity contribution >= 4 is 14.6 Å². The molecule has 3 atom stereocenters. The summed E-state index contributed by atoms with van der Waals surface area (Å²) in [5, 5.41) is 0. The van der Waals surface area contributed by atoms with Gasteiger partial charge in [-0.3, -0.25) is 0 Å². The molecule has 190 valence electrons. The molecule has 4 rings (SSSR count). The Kier molecular flexibility index (Phi) is 7.76. The van der Waals surface area contributed by atoms with Crippen LogP contribution in [0.5, 0.6) is 0 Å². The lowest BCUT2D eigenvalue weighted by Crippen LogP contribution is -2.73. The van der Waals surface area contributed by atoms with E-state index in [9.17, 15) is 4.79 Å². The first-order chi connectivity index (χ1) is 16.3. The van der Waals surface area contributed by atoms with Crippen LogP contribution in [0.15, 0.2) is 30.3 Å². The zero-order chi connectivity index (χ0) is 24.5. The molecule has 1 aromatic carbocycles. The number of nitrogens with zero attached hydrogens (tertiary/aromatic N) is 1. The van der Waals surface area contributed by atoms with E-state index in [1.165, 1.54) is 11.8 Å². The molecule has 1 aromatic rings. The van der Waals surface area contributed by atoms with E-state index in [4.69, 9.17) is 13.9 Å². The molecule has 3 unspecified atom stereocenters. The summed E-state index contributed by atoms with van der Waals surface area (Å²) >= 11 is 0. The van der Waals surface area contributed by atoms with Gasteiger partial charge in [0.05, 0.1) is 24.7 Å². The Bertz CT molecular complexity index is 815. The van der Waals surface area contributed by atoms with Gasteiger partial charge in [-0.05, 0) is 36.0 Å². The van der Waals surface area contributed by atoms with Gasteiger partial charge in [0.25, 0.3) is 0 Å². The number of fused-ring (bicyclic) bond motifs is 2. The summed E-state index contributed by atoms with van der Waals surface area (Å²) in [6, 6.07) is 14.0. The van der Waals surface area contributed by atoms with Crippen molar-refractivity contribution in [2.45, 2.75) is 83.9 Å². The van der Waals surface area contributed by atoms with Gasteiger partial charge >= 0.3 is 0 Å². The SMILES string of the molecule is CC[Si](CC)(CC)OC1C2(C=O)CN(CC(C)C)CC1(Cc1ccccc1)CC1(C2)OCCO1. The third-order valence-corrected chi connectivity index (χ3v) is 13.3. The number of hydrogen-bond acceptors (Lipinski definition) is 5. The fraction of sp³-hybridized carbons (Fsp3) is 0.750. The summed E-state index contributed by atoms with van der Waals surface area (Å²) < 4.78 is 20.1. The highest BCUT2D eigenvalue weighted by atomic mass is 28.4. The second-order valence-corrected chi connectivity index (χ2v) is 16.4.